The van der Waals surface area contributed by atoms with Crippen molar-refractivity contribution in [3.05, 3.63) is 26.6 Å². The number of carbonyl (C=O) groups excluding carboxylic acids is 1. The average Bonchev–Trinajstić information content (AvgIpc) is 2.80. The van der Waals surface area contributed by atoms with Crippen LogP contribution in [-0.2, 0) is 9.53 Å². The quantitative estimate of drug-likeness (QED) is 0.806. The summed E-state index contributed by atoms with van der Waals surface area (Å²) >= 11 is 6.50. The summed E-state index contributed by atoms with van der Waals surface area (Å²) in [7, 11) is 0. The number of carboxylic acids is 1. The number of amides is 1. The van der Waals surface area contributed by atoms with Crippen LogP contribution in [0.2, 0.25) is 0 Å². The molecule has 1 aromatic rings. The second-order valence-corrected chi connectivity index (χ2v) is 6.52. The molecule has 1 atom stereocenters. The predicted molar refractivity (Wildman–Crippen MR) is 81.0 cm³/mol. The lowest BCUT2D eigenvalue weighted by Crippen LogP contribution is -2.39. The molecule has 0 radical (unpaired) electrons. The smallest absolute Gasteiger partial charge is 0.337 e. The van der Waals surface area contributed by atoms with Crippen LogP contribution in [0.4, 0.5) is 5.69 Å². The number of halogens is 2. The largest absolute Gasteiger partial charge is 0.478 e. The summed E-state index contributed by atoms with van der Waals surface area (Å²) in [5.41, 5.74) is -0.647. The molecule has 0 saturated carbocycles. The number of carbonyl (C=O) groups is 2. The van der Waals surface area contributed by atoms with Gasteiger partial charge in [-0.15, -0.1) is 0 Å². The molecule has 20 heavy (non-hydrogen) atoms. The lowest BCUT2D eigenvalue weighted by atomic mass is 10.0. The van der Waals surface area contributed by atoms with Gasteiger partial charge < -0.3 is 15.2 Å². The van der Waals surface area contributed by atoms with Crippen LogP contribution in [0.5, 0.6) is 0 Å². The van der Waals surface area contributed by atoms with Gasteiger partial charge in [0.2, 0.25) is 0 Å². The molecule has 5 nitrogen and oxygen atoms in total. The number of ether oxygens (including phenoxy) is 1. The van der Waals surface area contributed by atoms with E-state index in [1.165, 1.54) is 6.07 Å². The van der Waals surface area contributed by atoms with Crippen LogP contribution in [0.3, 0.4) is 0 Å². The summed E-state index contributed by atoms with van der Waals surface area (Å²) in [5.74, 6) is -1.44. The van der Waals surface area contributed by atoms with Crippen molar-refractivity contribution in [1.29, 1.82) is 0 Å². The van der Waals surface area contributed by atoms with Crippen LogP contribution >= 0.6 is 31.9 Å². The first-order valence-electron chi connectivity index (χ1n) is 6.01. The second-order valence-electron chi connectivity index (χ2n) is 4.75. The molecule has 108 valence electrons. The molecular formula is C13H13Br2NO4. The number of hydrogen-bond acceptors (Lipinski definition) is 3. The van der Waals surface area contributed by atoms with Crippen molar-refractivity contribution in [1.82, 2.24) is 0 Å². The standard InChI is InChI=1S/C13H13Br2NO4/c1-13(3-2-4-20-13)12(19)16-10-8(11(17)18)5-7(14)6-9(10)15/h5-6H,2-4H2,1H3,(H,16,19)(H,17,18). The topological polar surface area (TPSA) is 75.6 Å². The molecule has 0 spiro atoms. The first-order valence-corrected chi connectivity index (χ1v) is 7.60. The highest BCUT2D eigenvalue weighted by molar-refractivity contribution is 9.11. The molecule has 2 N–H and O–H groups in total. The van der Waals surface area contributed by atoms with Gasteiger partial charge in [0.05, 0.1) is 11.3 Å². The summed E-state index contributed by atoms with van der Waals surface area (Å²) in [6, 6.07) is 3.13. The molecule has 1 amide bonds. The maximum absolute atomic E-state index is 12.3. The van der Waals surface area contributed by atoms with Crippen LogP contribution < -0.4 is 5.32 Å². The van der Waals surface area contributed by atoms with E-state index in [4.69, 9.17) is 4.74 Å². The fourth-order valence-electron chi connectivity index (χ4n) is 2.07. The number of anilines is 1. The van der Waals surface area contributed by atoms with Gasteiger partial charge in [-0.25, -0.2) is 4.79 Å². The third-order valence-corrected chi connectivity index (χ3v) is 4.31. The van der Waals surface area contributed by atoms with Crippen LogP contribution in [0.15, 0.2) is 21.1 Å². The van der Waals surface area contributed by atoms with Crippen molar-refractivity contribution >= 4 is 49.4 Å². The van der Waals surface area contributed by atoms with E-state index in [1.54, 1.807) is 13.0 Å². The number of hydrogen-bond donors (Lipinski definition) is 2. The summed E-state index contributed by atoms with van der Waals surface area (Å²) in [6.45, 7) is 2.25. The minimum absolute atomic E-state index is 0.0150. The highest BCUT2D eigenvalue weighted by Gasteiger charge is 2.38. The molecule has 1 unspecified atom stereocenters. The summed E-state index contributed by atoms with van der Waals surface area (Å²) in [4.78, 5) is 23.6. The Morgan fingerprint density at radius 2 is 2.10 bits per heavy atom. The lowest BCUT2D eigenvalue weighted by Gasteiger charge is -2.23. The van der Waals surface area contributed by atoms with Gasteiger partial charge in [0, 0.05) is 15.6 Å². The minimum atomic E-state index is -1.11. The molecule has 0 aromatic heterocycles. The fraction of sp³-hybridized carbons (Fsp3) is 0.385. The van der Waals surface area contributed by atoms with E-state index < -0.39 is 11.6 Å². The van der Waals surface area contributed by atoms with Gasteiger partial charge in [-0.3, -0.25) is 4.79 Å². The summed E-state index contributed by atoms with van der Waals surface area (Å²) in [6.07, 6.45) is 1.44. The zero-order chi connectivity index (χ0) is 14.9. The number of rotatable bonds is 3. The molecule has 0 aliphatic carbocycles. The first-order chi connectivity index (χ1) is 9.33. The maximum Gasteiger partial charge on any atom is 0.337 e. The number of aromatic carboxylic acids is 1. The van der Waals surface area contributed by atoms with Crippen molar-refractivity contribution in [2.24, 2.45) is 0 Å². The Bertz CT molecular complexity index is 568. The van der Waals surface area contributed by atoms with E-state index in [0.717, 1.165) is 6.42 Å². The lowest BCUT2D eigenvalue weighted by molar-refractivity contribution is -0.133. The van der Waals surface area contributed by atoms with Gasteiger partial charge in [0.15, 0.2) is 0 Å². The zero-order valence-electron chi connectivity index (χ0n) is 10.7. The zero-order valence-corrected chi connectivity index (χ0v) is 13.9. The SMILES string of the molecule is CC1(C(=O)Nc2c(Br)cc(Br)cc2C(=O)O)CCCO1. The number of nitrogens with one attached hydrogen (secondary N) is 1. The monoisotopic (exact) mass is 405 g/mol. The van der Waals surface area contributed by atoms with Crippen LogP contribution in [0, 0.1) is 0 Å². The maximum atomic E-state index is 12.3. The summed E-state index contributed by atoms with van der Waals surface area (Å²) in [5, 5.41) is 11.9. The van der Waals surface area contributed by atoms with Crippen molar-refractivity contribution in [3.8, 4) is 0 Å². The van der Waals surface area contributed by atoms with Gasteiger partial charge >= 0.3 is 5.97 Å². The molecule has 1 saturated heterocycles. The van der Waals surface area contributed by atoms with E-state index in [2.05, 4.69) is 37.2 Å². The van der Waals surface area contributed by atoms with Crippen LogP contribution in [-0.4, -0.2) is 29.2 Å². The first kappa shape index (κ1) is 15.5. The highest BCUT2D eigenvalue weighted by atomic mass is 79.9. The van der Waals surface area contributed by atoms with Crippen LogP contribution in [0.1, 0.15) is 30.1 Å². The fourth-order valence-corrected chi connectivity index (χ4v) is 3.40. The Hall–Kier alpha value is -0.920. The Kier molecular flexibility index (Phi) is 4.51. The molecule has 0 bridgehead atoms. The minimum Gasteiger partial charge on any atom is -0.478 e. The Morgan fingerprint density at radius 1 is 1.40 bits per heavy atom. The Labute approximate surface area is 132 Å². The molecule has 1 aliphatic heterocycles. The predicted octanol–water partition coefficient (Wildman–Crippen LogP) is 3.42. The molecule has 7 heteroatoms. The number of benzene rings is 1. The van der Waals surface area contributed by atoms with Gasteiger partial charge in [-0.2, -0.15) is 0 Å². The number of carboxylic acid groups (broad SMARTS) is 1. The third kappa shape index (κ3) is 3.05. The van der Waals surface area contributed by atoms with E-state index in [0.29, 0.717) is 22.0 Å². The van der Waals surface area contributed by atoms with Crippen molar-refractivity contribution in [3.63, 3.8) is 0 Å². The third-order valence-electron chi connectivity index (χ3n) is 3.22. The molecule has 1 fully saturated rings. The molecule has 1 aliphatic rings. The second kappa shape index (κ2) is 5.83. The molecule has 1 heterocycles. The molecule has 2 rings (SSSR count). The van der Waals surface area contributed by atoms with Crippen molar-refractivity contribution in [2.75, 3.05) is 11.9 Å². The highest BCUT2D eigenvalue weighted by Crippen LogP contribution is 2.33. The van der Waals surface area contributed by atoms with Gasteiger partial charge in [-0.1, -0.05) is 15.9 Å². The van der Waals surface area contributed by atoms with E-state index in [-0.39, 0.29) is 17.2 Å². The Balaban J connectivity index is 2.33. The average molecular weight is 407 g/mol. The van der Waals surface area contributed by atoms with E-state index in [9.17, 15) is 14.7 Å². The Morgan fingerprint density at radius 3 is 2.65 bits per heavy atom. The van der Waals surface area contributed by atoms with Gasteiger partial charge in [0.25, 0.3) is 5.91 Å². The van der Waals surface area contributed by atoms with Crippen molar-refractivity contribution < 1.29 is 19.4 Å². The normalized spacial score (nSPS) is 21.8. The van der Waals surface area contributed by atoms with E-state index in [1.807, 2.05) is 0 Å². The molecular weight excluding hydrogens is 394 g/mol. The summed E-state index contributed by atoms with van der Waals surface area (Å²) < 4.78 is 6.57. The van der Waals surface area contributed by atoms with E-state index >= 15 is 0 Å². The van der Waals surface area contributed by atoms with Crippen LogP contribution in [0.25, 0.3) is 0 Å². The molecule has 1 aromatic carbocycles. The van der Waals surface area contributed by atoms with Crippen molar-refractivity contribution in [2.45, 2.75) is 25.4 Å². The van der Waals surface area contributed by atoms with Gasteiger partial charge in [0.1, 0.15) is 5.60 Å². The van der Waals surface area contributed by atoms with Gasteiger partial charge in [-0.05, 0) is 47.8 Å².